The quantitative estimate of drug-likeness (QED) is 0.781. The van der Waals surface area contributed by atoms with Crippen LogP contribution in [-0.2, 0) is 4.74 Å². The molecule has 8 heteroatoms. The minimum Gasteiger partial charge on any atom is -0.388 e. The van der Waals surface area contributed by atoms with Gasteiger partial charge in [0.15, 0.2) is 0 Å². The second kappa shape index (κ2) is 7.63. The lowest BCUT2D eigenvalue weighted by atomic mass is 9.94. The number of hydrogen-bond acceptors (Lipinski definition) is 6. The molecule has 1 amide bonds. The first kappa shape index (κ1) is 18.0. The number of likely N-dealkylation sites (tertiary alicyclic amines) is 1. The van der Waals surface area contributed by atoms with Crippen LogP contribution >= 0.6 is 0 Å². The second-order valence-corrected chi connectivity index (χ2v) is 7.01. The van der Waals surface area contributed by atoms with Crippen molar-refractivity contribution in [2.75, 3.05) is 45.9 Å². The van der Waals surface area contributed by atoms with Crippen LogP contribution in [0.25, 0.3) is 0 Å². The number of aryl methyl sites for hydroxylation is 1. The number of hydrogen-bond donors (Lipinski definition) is 2. The Hall–Kier alpha value is -1.77. The highest BCUT2D eigenvalue weighted by molar-refractivity contribution is 5.92. The molecule has 1 atom stereocenters. The van der Waals surface area contributed by atoms with Gasteiger partial charge in [0.05, 0.1) is 18.8 Å². The van der Waals surface area contributed by atoms with Gasteiger partial charge in [0.1, 0.15) is 5.69 Å². The molecule has 0 bridgehead atoms. The molecule has 25 heavy (non-hydrogen) atoms. The van der Waals surface area contributed by atoms with Gasteiger partial charge in [-0.2, -0.15) is 4.98 Å². The van der Waals surface area contributed by atoms with Gasteiger partial charge in [-0.25, -0.2) is 4.79 Å². The third kappa shape index (κ3) is 4.65. The molecule has 1 aromatic rings. The predicted octanol–water partition coefficient (Wildman–Crippen LogP) is -0.232. The Morgan fingerprint density at radius 2 is 2.08 bits per heavy atom. The van der Waals surface area contributed by atoms with E-state index in [2.05, 4.69) is 14.9 Å². The number of nitrogens with zero attached hydrogens (tertiary/aromatic N) is 3. The number of amides is 1. The Morgan fingerprint density at radius 3 is 2.80 bits per heavy atom. The van der Waals surface area contributed by atoms with Crippen molar-refractivity contribution in [1.82, 2.24) is 19.8 Å². The highest BCUT2D eigenvalue weighted by atomic mass is 16.5. The largest absolute Gasteiger partial charge is 0.388 e. The number of β-amino-alcohol motifs (C(OH)–C–C–N with tert-alkyl or cyclic N) is 1. The Balaban J connectivity index is 1.64. The Labute approximate surface area is 146 Å². The van der Waals surface area contributed by atoms with Crippen molar-refractivity contribution < 1.29 is 14.6 Å². The Morgan fingerprint density at radius 1 is 1.32 bits per heavy atom. The van der Waals surface area contributed by atoms with E-state index in [1.165, 1.54) is 0 Å². The number of nitrogens with one attached hydrogen (secondary N) is 1. The van der Waals surface area contributed by atoms with E-state index in [0.717, 1.165) is 19.5 Å². The number of morpholine rings is 1. The van der Waals surface area contributed by atoms with E-state index >= 15 is 0 Å². The van der Waals surface area contributed by atoms with E-state index in [9.17, 15) is 14.7 Å². The van der Waals surface area contributed by atoms with Crippen molar-refractivity contribution in [2.24, 2.45) is 0 Å². The van der Waals surface area contributed by atoms with Crippen LogP contribution < -0.4 is 5.69 Å². The summed E-state index contributed by atoms with van der Waals surface area (Å²) >= 11 is 0. The fraction of sp³-hybridized carbons (Fsp3) is 0.706. The van der Waals surface area contributed by atoms with Crippen LogP contribution in [0.2, 0.25) is 0 Å². The topological polar surface area (TPSA) is 98.8 Å². The molecule has 1 aromatic heterocycles. The molecule has 2 fully saturated rings. The molecule has 0 aromatic carbocycles. The average molecular weight is 350 g/mol. The SMILES string of the molecule is Cc1cc(C(=O)N2CCCC(O)(CN3CCOCC3)CC2)nc(=O)[nH]1. The molecule has 138 valence electrons. The van der Waals surface area contributed by atoms with Gasteiger partial charge in [-0.15, -0.1) is 0 Å². The molecule has 0 aliphatic carbocycles. The molecular weight excluding hydrogens is 324 g/mol. The van der Waals surface area contributed by atoms with Gasteiger partial charge in [0.2, 0.25) is 0 Å². The summed E-state index contributed by atoms with van der Waals surface area (Å²) in [5, 5.41) is 11.0. The summed E-state index contributed by atoms with van der Waals surface area (Å²) in [5.74, 6) is -0.246. The molecule has 8 nitrogen and oxygen atoms in total. The summed E-state index contributed by atoms with van der Waals surface area (Å²) in [4.78, 5) is 34.4. The van der Waals surface area contributed by atoms with Crippen molar-refractivity contribution in [3.63, 3.8) is 0 Å². The first-order chi connectivity index (χ1) is 12.0. The molecule has 0 saturated carbocycles. The van der Waals surface area contributed by atoms with Crippen LogP contribution in [0, 0.1) is 6.92 Å². The number of H-pyrrole nitrogens is 1. The lowest BCUT2D eigenvalue weighted by molar-refractivity contribution is -0.0389. The summed E-state index contributed by atoms with van der Waals surface area (Å²) in [6, 6.07) is 1.59. The first-order valence-corrected chi connectivity index (χ1v) is 8.85. The molecular formula is C17H26N4O4. The normalized spacial score (nSPS) is 25.6. The predicted molar refractivity (Wildman–Crippen MR) is 91.6 cm³/mol. The van der Waals surface area contributed by atoms with E-state index in [-0.39, 0.29) is 11.6 Å². The molecule has 3 rings (SSSR count). The summed E-state index contributed by atoms with van der Waals surface area (Å²) in [7, 11) is 0. The second-order valence-electron chi connectivity index (χ2n) is 7.01. The van der Waals surface area contributed by atoms with Crippen LogP contribution in [0.1, 0.15) is 35.4 Å². The number of carbonyl (C=O) groups is 1. The van der Waals surface area contributed by atoms with E-state index in [4.69, 9.17) is 4.74 Å². The maximum absolute atomic E-state index is 12.7. The maximum Gasteiger partial charge on any atom is 0.345 e. The zero-order chi connectivity index (χ0) is 17.9. The van der Waals surface area contributed by atoms with Gasteiger partial charge in [-0.3, -0.25) is 9.69 Å². The minimum atomic E-state index is -0.788. The van der Waals surface area contributed by atoms with Crippen molar-refractivity contribution in [1.29, 1.82) is 0 Å². The van der Waals surface area contributed by atoms with E-state index in [1.807, 2.05) is 0 Å². The summed E-state index contributed by atoms with van der Waals surface area (Å²) in [5.41, 5.74) is -0.520. The number of ether oxygens (including phenoxy) is 1. The standard InChI is InChI=1S/C17H26N4O4/c1-13-11-14(19-16(23)18-13)15(22)21-5-2-3-17(24,4-6-21)12-20-7-9-25-10-8-20/h11,24H,2-10,12H2,1H3,(H,18,19,23). The number of aliphatic hydroxyl groups is 1. The van der Waals surface area contributed by atoms with Gasteiger partial charge in [-0.1, -0.05) is 0 Å². The van der Waals surface area contributed by atoms with Crippen LogP contribution in [0.4, 0.5) is 0 Å². The fourth-order valence-corrected chi connectivity index (χ4v) is 3.57. The highest BCUT2D eigenvalue weighted by Gasteiger charge is 2.34. The first-order valence-electron chi connectivity index (χ1n) is 8.85. The van der Waals surface area contributed by atoms with E-state index < -0.39 is 11.3 Å². The fourth-order valence-electron chi connectivity index (χ4n) is 3.57. The van der Waals surface area contributed by atoms with Gasteiger partial charge >= 0.3 is 5.69 Å². The third-order valence-electron chi connectivity index (χ3n) is 4.92. The number of carbonyl (C=O) groups excluding carboxylic acids is 1. The number of aromatic nitrogens is 2. The van der Waals surface area contributed by atoms with Crippen molar-refractivity contribution in [2.45, 2.75) is 31.8 Å². The number of rotatable bonds is 3. The Bertz CT molecular complexity index is 671. The zero-order valence-electron chi connectivity index (χ0n) is 14.7. The molecule has 2 aliphatic rings. The van der Waals surface area contributed by atoms with Crippen molar-refractivity contribution >= 4 is 5.91 Å². The van der Waals surface area contributed by atoms with E-state index in [1.54, 1.807) is 17.9 Å². The molecule has 0 radical (unpaired) electrons. The van der Waals surface area contributed by atoms with Gasteiger partial charge in [0, 0.05) is 38.4 Å². The lowest BCUT2D eigenvalue weighted by Crippen LogP contribution is -2.48. The molecule has 3 heterocycles. The summed E-state index contributed by atoms with van der Waals surface area (Å²) < 4.78 is 5.35. The van der Waals surface area contributed by atoms with Gasteiger partial charge < -0.3 is 19.7 Å². The third-order valence-corrected chi connectivity index (χ3v) is 4.92. The maximum atomic E-state index is 12.7. The molecule has 0 spiro atoms. The minimum absolute atomic E-state index is 0.167. The van der Waals surface area contributed by atoms with Crippen LogP contribution in [0.3, 0.4) is 0 Å². The monoisotopic (exact) mass is 350 g/mol. The van der Waals surface area contributed by atoms with Crippen molar-refractivity contribution in [3.05, 3.63) is 27.9 Å². The van der Waals surface area contributed by atoms with Gasteiger partial charge in [0.25, 0.3) is 5.91 Å². The van der Waals surface area contributed by atoms with Crippen LogP contribution in [0.5, 0.6) is 0 Å². The van der Waals surface area contributed by atoms with E-state index in [0.29, 0.717) is 51.4 Å². The zero-order valence-corrected chi connectivity index (χ0v) is 14.7. The smallest absolute Gasteiger partial charge is 0.345 e. The Kier molecular flexibility index (Phi) is 5.51. The average Bonchev–Trinajstić information content (AvgIpc) is 2.76. The summed E-state index contributed by atoms with van der Waals surface area (Å²) in [6.45, 7) is 6.44. The molecule has 2 saturated heterocycles. The molecule has 2 aliphatic heterocycles. The number of aromatic amines is 1. The summed E-state index contributed by atoms with van der Waals surface area (Å²) in [6.07, 6.45) is 1.92. The van der Waals surface area contributed by atoms with Crippen molar-refractivity contribution in [3.8, 4) is 0 Å². The highest BCUT2D eigenvalue weighted by Crippen LogP contribution is 2.24. The van der Waals surface area contributed by atoms with Crippen LogP contribution in [-0.4, -0.2) is 82.3 Å². The lowest BCUT2D eigenvalue weighted by Gasteiger charge is -2.35. The van der Waals surface area contributed by atoms with Gasteiger partial charge in [-0.05, 0) is 32.3 Å². The molecule has 2 N–H and O–H groups in total. The molecule has 1 unspecified atom stereocenters. The van der Waals surface area contributed by atoms with Crippen LogP contribution in [0.15, 0.2) is 10.9 Å².